The van der Waals surface area contributed by atoms with Crippen molar-refractivity contribution >= 4 is 5.97 Å². The zero-order chi connectivity index (χ0) is 13.7. The molecule has 2 aromatic rings. The molecule has 4 nitrogen and oxygen atoms in total. The molecular formula is C15H11NO3. The first-order valence-electron chi connectivity index (χ1n) is 5.60. The third kappa shape index (κ3) is 2.90. The number of esters is 1. The molecule has 0 aliphatic rings. The van der Waals surface area contributed by atoms with E-state index >= 15 is 0 Å². The molecular weight excluding hydrogens is 242 g/mol. The smallest absolute Gasteiger partial charge is 0.343 e. The normalized spacial score (nSPS) is 9.47. The van der Waals surface area contributed by atoms with Gasteiger partial charge < -0.3 is 9.47 Å². The molecule has 0 N–H and O–H groups in total. The van der Waals surface area contributed by atoms with E-state index in [1.807, 2.05) is 6.07 Å². The molecule has 0 saturated heterocycles. The number of nitrogens with zero attached hydrogens (tertiary/aromatic N) is 1. The van der Waals surface area contributed by atoms with Gasteiger partial charge in [-0.25, -0.2) is 4.79 Å². The summed E-state index contributed by atoms with van der Waals surface area (Å²) in [6.07, 6.45) is 0. The maximum Gasteiger partial charge on any atom is 0.343 e. The Morgan fingerprint density at radius 3 is 2.53 bits per heavy atom. The minimum absolute atomic E-state index is 0.324. The summed E-state index contributed by atoms with van der Waals surface area (Å²) in [6.45, 7) is 0. The molecule has 19 heavy (non-hydrogen) atoms. The lowest BCUT2D eigenvalue weighted by Crippen LogP contribution is -2.09. The predicted octanol–water partition coefficient (Wildman–Crippen LogP) is 2.79. The number of methoxy groups -OCH3 is 1. The van der Waals surface area contributed by atoms with Crippen LogP contribution in [-0.4, -0.2) is 13.1 Å². The van der Waals surface area contributed by atoms with E-state index in [9.17, 15) is 4.79 Å². The molecule has 4 heteroatoms. The highest BCUT2D eigenvalue weighted by molar-refractivity contribution is 5.91. The van der Waals surface area contributed by atoms with Gasteiger partial charge in [-0.15, -0.1) is 0 Å². The minimum atomic E-state index is -0.526. The summed E-state index contributed by atoms with van der Waals surface area (Å²) in [5, 5.41) is 8.79. The summed E-state index contributed by atoms with van der Waals surface area (Å²) in [5.41, 5.74) is 0.736. The van der Waals surface area contributed by atoms with Crippen molar-refractivity contribution < 1.29 is 14.3 Å². The summed E-state index contributed by atoms with van der Waals surface area (Å²) in [5.74, 6) is 0.297. The number of hydrogen-bond donors (Lipinski definition) is 0. The van der Waals surface area contributed by atoms with Crippen molar-refractivity contribution in [2.75, 3.05) is 7.11 Å². The molecule has 0 saturated carbocycles. The van der Waals surface area contributed by atoms with Crippen LogP contribution in [0.25, 0.3) is 0 Å². The van der Waals surface area contributed by atoms with Gasteiger partial charge in [0.05, 0.1) is 24.3 Å². The molecule has 2 rings (SSSR count). The van der Waals surface area contributed by atoms with Crippen molar-refractivity contribution in [3.8, 4) is 17.6 Å². The lowest BCUT2D eigenvalue weighted by atomic mass is 10.1. The van der Waals surface area contributed by atoms with Crippen LogP contribution in [0.15, 0.2) is 48.5 Å². The number of nitriles is 1. The second kappa shape index (κ2) is 5.69. The zero-order valence-electron chi connectivity index (χ0n) is 10.3. The zero-order valence-corrected chi connectivity index (χ0v) is 10.3. The van der Waals surface area contributed by atoms with Gasteiger partial charge in [0.15, 0.2) is 11.5 Å². The first-order valence-corrected chi connectivity index (χ1v) is 5.60. The molecule has 94 valence electrons. The molecule has 0 unspecified atom stereocenters. The van der Waals surface area contributed by atoms with E-state index in [1.54, 1.807) is 42.5 Å². The second-order valence-electron chi connectivity index (χ2n) is 3.73. The van der Waals surface area contributed by atoms with E-state index in [0.29, 0.717) is 22.6 Å². The highest BCUT2D eigenvalue weighted by Gasteiger charge is 2.12. The maximum atomic E-state index is 12.0. The van der Waals surface area contributed by atoms with Crippen molar-refractivity contribution in [2.45, 2.75) is 0 Å². The number of para-hydroxylation sites is 2. The Morgan fingerprint density at radius 2 is 1.84 bits per heavy atom. The van der Waals surface area contributed by atoms with Crippen LogP contribution >= 0.6 is 0 Å². The Hall–Kier alpha value is -2.80. The summed E-state index contributed by atoms with van der Waals surface area (Å²) < 4.78 is 10.3. The van der Waals surface area contributed by atoms with Crippen LogP contribution in [0.3, 0.4) is 0 Å². The van der Waals surface area contributed by atoms with Gasteiger partial charge in [0.2, 0.25) is 0 Å². The van der Waals surface area contributed by atoms with Crippen molar-refractivity contribution in [2.24, 2.45) is 0 Å². The van der Waals surface area contributed by atoms with E-state index in [2.05, 4.69) is 0 Å². The van der Waals surface area contributed by atoms with Crippen molar-refractivity contribution in [3.63, 3.8) is 0 Å². The van der Waals surface area contributed by atoms with Gasteiger partial charge in [-0.05, 0) is 30.3 Å². The highest BCUT2D eigenvalue weighted by atomic mass is 16.6. The maximum absolute atomic E-state index is 12.0. The molecule has 0 radical (unpaired) electrons. The molecule has 0 aliphatic heterocycles. The Kier molecular flexibility index (Phi) is 3.79. The van der Waals surface area contributed by atoms with Gasteiger partial charge in [-0.1, -0.05) is 18.2 Å². The first-order chi connectivity index (χ1) is 9.24. The predicted molar refractivity (Wildman–Crippen MR) is 69.1 cm³/mol. The Morgan fingerprint density at radius 1 is 1.11 bits per heavy atom. The largest absolute Gasteiger partial charge is 0.493 e. The van der Waals surface area contributed by atoms with Crippen LogP contribution in [0.4, 0.5) is 0 Å². The average molecular weight is 253 g/mol. The fraction of sp³-hybridized carbons (Fsp3) is 0.0667. The molecule has 0 aliphatic carbocycles. The number of carbonyl (C=O) groups excluding carboxylic acids is 1. The first kappa shape index (κ1) is 12.7. The highest BCUT2D eigenvalue weighted by Crippen LogP contribution is 2.26. The molecule has 0 aromatic heterocycles. The molecule has 0 atom stereocenters. The quantitative estimate of drug-likeness (QED) is 0.623. The van der Waals surface area contributed by atoms with E-state index in [0.717, 1.165) is 0 Å². The number of benzene rings is 2. The van der Waals surface area contributed by atoms with Crippen LogP contribution in [0.5, 0.6) is 11.5 Å². The molecule has 0 fully saturated rings. The van der Waals surface area contributed by atoms with Crippen LogP contribution in [0.1, 0.15) is 15.9 Å². The lowest BCUT2D eigenvalue weighted by Gasteiger charge is -2.08. The van der Waals surface area contributed by atoms with Gasteiger partial charge >= 0.3 is 5.97 Å². The third-order valence-corrected chi connectivity index (χ3v) is 2.50. The van der Waals surface area contributed by atoms with E-state index < -0.39 is 5.97 Å². The molecule has 0 heterocycles. The number of carbonyl (C=O) groups is 1. The fourth-order valence-corrected chi connectivity index (χ4v) is 1.58. The van der Waals surface area contributed by atoms with Gasteiger partial charge in [-0.3, -0.25) is 0 Å². The van der Waals surface area contributed by atoms with Crippen LogP contribution in [0, 0.1) is 11.3 Å². The molecule has 0 spiro atoms. The van der Waals surface area contributed by atoms with E-state index in [-0.39, 0.29) is 0 Å². The van der Waals surface area contributed by atoms with Gasteiger partial charge in [0.1, 0.15) is 0 Å². The number of ether oxygens (including phenoxy) is 2. The Balaban J connectivity index is 2.23. The van der Waals surface area contributed by atoms with Crippen molar-refractivity contribution in [3.05, 3.63) is 59.7 Å². The Bertz CT molecular complexity index is 644. The van der Waals surface area contributed by atoms with Crippen LogP contribution in [-0.2, 0) is 0 Å². The topological polar surface area (TPSA) is 59.3 Å². The number of rotatable bonds is 3. The van der Waals surface area contributed by atoms with Gasteiger partial charge in [0.25, 0.3) is 0 Å². The SMILES string of the molecule is COc1ccccc1OC(=O)c1cccc(C#N)c1. The fourth-order valence-electron chi connectivity index (χ4n) is 1.58. The monoisotopic (exact) mass is 253 g/mol. The van der Waals surface area contributed by atoms with Crippen LogP contribution < -0.4 is 9.47 Å². The number of hydrogen-bond acceptors (Lipinski definition) is 4. The average Bonchev–Trinajstić information content (AvgIpc) is 2.47. The standard InChI is InChI=1S/C15H11NO3/c1-18-13-7-2-3-8-14(13)19-15(17)12-6-4-5-11(9-12)10-16/h2-9H,1H3. The third-order valence-electron chi connectivity index (χ3n) is 2.50. The summed E-state index contributed by atoms with van der Waals surface area (Å²) in [7, 11) is 1.50. The summed E-state index contributed by atoms with van der Waals surface area (Å²) in [6, 6.07) is 15.2. The molecule has 0 bridgehead atoms. The van der Waals surface area contributed by atoms with Gasteiger partial charge in [0, 0.05) is 0 Å². The lowest BCUT2D eigenvalue weighted by molar-refractivity contribution is 0.0729. The Labute approximate surface area is 110 Å². The van der Waals surface area contributed by atoms with Crippen LogP contribution in [0.2, 0.25) is 0 Å². The summed E-state index contributed by atoms with van der Waals surface area (Å²) >= 11 is 0. The van der Waals surface area contributed by atoms with Gasteiger partial charge in [-0.2, -0.15) is 5.26 Å². The minimum Gasteiger partial charge on any atom is -0.493 e. The van der Waals surface area contributed by atoms with Crippen molar-refractivity contribution in [1.82, 2.24) is 0 Å². The summed E-state index contributed by atoms with van der Waals surface area (Å²) in [4.78, 5) is 12.0. The second-order valence-corrected chi connectivity index (χ2v) is 3.73. The van der Waals surface area contributed by atoms with E-state index in [4.69, 9.17) is 14.7 Å². The molecule has 2 aromatic carbocycles. The van der Waals surface area contributed by atoms with Crippen molar-refractivity contribution in [1.29, 1.82) is 5.26 Å². The van der Waals surface area contributed by atoms with E-state index in [1.165, 1.54) is 13.2 Å². The molecule has 0 amide bonds.